The molecule has 1 aromatic heterocycles. The summed E-state index contributed by atoms with van der Waals surface area (Å²) in [4.78, 5) is 3.84. The lowest BCUT2D eigenvalue weighted by Crippen LogP contribution is -1.93. The van der Waals surface area contributed by atoms with Crippen molar-refractivity contribution in [1.29, 1.82) is 0 Å². The van der Waals surface area contributed by atoms with Gasteiger partial charge in [-0.2, -0.15) is 10.1 Å². The highest BCUT2D eigenvalue weighted by Crippen LogP contribution is 2.26. The number of benzene rings is 1. The van der Waals surface area contributed by atoms with Gasteiger partial charge in [0.15, 0.2) is 5.82 Å². The van der Waals surface area contributed by atoms with E-state index in [-0.39, 0.29) is 11.0 Å². The average Bonchev–Trinajstić information content (AvgIpc) is 2.70. The van der Waals surface area contributed by atoms with Gasteiger partial charge in [0, 0.05) is 24.3 Å². The Morgan fingerprint density at radius 3 is 2.71 bits per heavy atom. The number of nitrogens with one attached hydrogen (secondary N) is 1. The predicted octanol–water partition coefficient (Wildman–Crippen LogP) is 2.77. The molecule has 5 nitrogen and oxygen atoms in total. The second-order valence-corrected chi connectivity index (χ2v) is 7.59. The van der Waals surface area contributed by atoms with E-state index >= 15 is 0 Å². The van der Waals surface area contributed by atoms with Crippen LogP contribution >= 0.6 is 49.2 Å². The van der Waals surface area contributed by atoms with E-state index < -0.39 is 9.05 Å². The van der Waals surface area contributed by atoms with Gasteiger partial charge in [-0.25, -0.2) is 13.5 Å². The molecule has 0 atom stereocenters. The van der Waals surface area contributed by atoms with Crippen LogP contribution in [-0.2, 0) is 9.05 Å². The van der Waals surface area contributed by atoms with Gasteiger partial charge in [-0.1, -0.05) is 15.9 Å². The van der Waals surface area contributed by atoms with E-state index in [9.17, 15) is 8.42 Å². The Bertz CT molecular complexity index is 673. The lowest BCUT2D eigenvalue weighted by atomic mass is 10.2. The molecule has 17 heavy (non-hydrogen) atoms. The number of hydrogen-bond donors (Lipinski definition) is 1. The maximum atomic E-state index is 11.0. The zero-order valence-electron chi connectivity index (χ0n) is 7.99. The molecule has 2 rings (SSSR count). The van der Waals surface area contributed by atoms with Crippen LogP contribution in [0.3, 0.4) is 0 Å². The second kappa shape index (κ2) is 4.82. The molecule has 0 saturated carbocycles. The quantitative estimate of drug-likeness (QED) is 0.566. The van der Waals surface area contributed by atoms with Crippen molar-refractivity contribution < 1.29 is 8.42 Å². The molecule has 1 heterocycles. The van der Waals surface area contributed by atoms with Gasteiger partial charge in [0.2, 0.25) is 0 Å². The van der Waals surface area contributed by atoms with E-state index in [4.69, 9.17) is 10.7 Å². The Labute approximate surface area is 124 Å². The lowest BCUT2D eigenvalue weighted by Gasteiger charge is -1.99. The third-order valence-corrected chi connectivity index (χ3v) is 4.38. The minimum absolute atomic E-state index is 0.287. The van der Waals surface area contributed by atoms with Crippen LogP contribution in [-0.4, -0.2) is 23.6 Å². The fraction of sp³-hybridized carbons (Fsp3) is 0. The largest absolute Gasteiger partial charge is 0.296 e. The summed E-state index contributed by atoms with van der Waals surface area (Å²) in [6, 6.07) is 5.54. The van der Waals surface area contributed by atoms with E-state index in [1.165, 1.54) is 0 Å². The van der Waals surface area contributed by atoms with E-state index in [1.54, 1.807) is 6.07 Å². The number of nitrogens with zero attached hydrogens (tertiary/aromatic N) is 2. The fourth-order valence-electron chi connectivity index (χ4n) is 1.15. The molecule has 0 radical (unpaired) electrons. The molecule has 0 unspecified atom stereocenters. The normalized spacial score (nSPS) is 11.7. The van der Waals surface area contributed by atoms with Crippen LogP contribution in [0.5, 0.6) is 0 Å². The van der Waals surface area contributed by atoms with Gasteiger partial charge in [-0.15, -0.1) is 0 Å². The molecule has 0 amide bonds. The van der Waals surface area contributed by atoms with Gasteiger partial charge in [-0.05, 0) is 40.8 Å². The van der Waals surface area contributed by atoms with Crippen LogP contribution in [0.25, 0.3) is 11.4 Å². The van der Waals surface area contributed by atoms with Gasteiger partial charge in [0.25, 0.3) is 14.2 Å². The summed E-state index contributed by atoms with van der Waals surface area (Å²) in [5.74, 6) is 0.287. The van der Waals surface area contributed by atoms with Crippen molar-refractivity contribution in [3.8, 4) is 11.4 Å². The number of aromatic nitrogens is 3. The first kappa shape index (κ1) is 13.2. The first-order valence-corrected chi connectivity index (χ1v) is 8.38. The lowest BCUT2D eigenvalue weighted by molar-refractivity contribution is 0.602. The van der Waals surface area contributed by atoms with Gasteiger partial charge >= 0.3 is 0 Å². The van der Waals surface area contributed by atoms with Gasteiger partial charge in [0.1, 0.15) is 0 Å². The topological polar surface area (TPSA) is 75.7 Å². The summed E-state index contributed by atoms with van der Waals surface area (Å²) >= 11 is 5.44. The number of rotatable bonds is 2. The summed E-state index contributed by atoms with van der Waals surface area (Å²) in [6.45, 7) is 0. The molecule has 0 bridgehead atoms. The molecule has 0 aliphatic carbocycles. The van der Waals surface area contributed by atoms with Crippen LogP contribution in [0.2, 0.25) is 0 Å². The second-order valence-electron chi connectivity index (χ2n) is 3.03. The minimum atomic E-state index is -3.88. The fourth-order valence-corrected chi connectivity index (χ4v) is 2.64. The third kappa shape index (κ3) is 2.98. The molecule has 0 aliphatic rings. The molecule has 0 spiro atoms. The Morgan fingerprint density at radius 1 is 1.41 bits per heavy atom. The maximum Gasteiger partial charge on any atom is 0.296 e. The number of halogens is 3. The van der Waals surface area contributed by atoms with Crippen LogP contribution in [0.1, 0.15) is 0 Å². The van der Waals surface area contributed by atoms with Crippen molar-refractivity contribution in [2.75, 3.05) is 0 Å². The van der Waals surface area contributed by atoms with Crippen LogP contribution in [0.15, 0.2) is 27.8 Å². The molecule has 0 fully saturated rings. The summed E-state index contributed by atoms with van der Waals surface area (Å²) in [6.07, 6.45) is 0. The van der Waals surface area contributed by atoms with Crippen LogP contribution in [0, 0.1) is 3.57 Å². The van der Waals surface area contributed by atoms with E-state index in [1.807, 2.05) is 12.1 Å². The Hall–Kier alpha value is -0.190. The summed E-state index contributed by atoms with van der Waals surface area (Å²) in [5.41, 5.74) is 0.725. The molecular formula is C8H4BrClIN3O2S. The van der Waals surface area contributed by atoms with Crippen molar-refractivity contribution >= 4 is 58.3 Å². The number of hydrogen-bond acceptors (Lipinski definition) is 4. The summed E-state index contributed by atoms with van der Waals surface area (Å²) in [7, 11) is 1.27. The first-order chi connectivity index (χ1) is 7.88. The van der Waals surface area contributed by atoms with Crippen molar-refractivity contribution in [3.63, 3.8) is 0 Å². The van der Waals surface area contributed by atoms with Crippen LogP contribution < -0.4 is 0 Å². The van der Waals surface area contributed by atoms with E-state index in [0.717, 1.165) is 13.6 Å². The molecule has 1 N–H and O–H groups in total. The van der Waals surface area contributed by atoms with Crippen molar-refractivity contribution in [3.05, 3.63) is 26.2 Å². The monoisotopic (exact) mass is 447 g/mol. The molecular weight excluding hydrogens is 444 g/mol. The smallest absolute Gasteiger partial charge is 0.248 e. The molecule has 9 heteroatoms. The standard InChI is InChI=1S/C8H4BrClIN3O2S/c9-4-1-2-6(11)5(3-4)7-12-8(14-13-7)17(10,15)16/h1-3H,(H,12,13,14). The Kier molecular flexibility index (Phi) is 3.76. The number of aromatic amines is 1. The highest BCUT2D eigenvalue weighted by atomic mass is 127. The number of H-pyrrole nitrogens is 1. The van der Waals surface area contributed by atoms with Crippen molar-refractivity contribution in [2.45, 2.75) is 5.16 Å². The molecule has 0 aliphatic heterocycles. The maximum absolute atomic E-state index is 11.0. The Balaban J connectivity index is 2.55. The van der Waals surface area contributed by atoms with Gasteiger partial charge in [-0.3, -0.25) is 0 Å². The average molecular weight is 448 g/mol. The third-order valence-electron chi connectivity index (χ3n) is 1.87. The first-order valence-electron chi connectivity index (χ1n) is 4.20. The summed E-state index contributed by atoms with van der Waals surface area (Å²) < 4.78 is 23.9. The highest BCUT2D eigenvalue weighted by molar-refractivity contribution is 14.1. The Morgan fingerprint density at radius 2 is 2.12 bits per heavy atom. The van der Waals surface area contributed by atoms with Crippen molar-refractivity contribution in [1.82, 2.24) is 15.2 Å². The minimum Gasteiger partial charge on any atom is -0.248 e. The predicted molar refractivity (Wildman–Crippen MR) is 75.3 cm³/mol. The van der Waals surface area contributed by atoms with E-state index in [0.29, 0.717) is 0 Å². The zero-order valence-corrected chi connectivity index (χ0v) is 13.3. The zero-order chi connectivity index (χ0) is 12.6. The summed E-state index contributed by atoms with van der Waals surface area (Å²) in [5, 5.41) is 5.76. The highest BCUT2D eigenvalue weighted by Gasteiger charge is 2.17. The molecule has 1 aromatic carbocycles. The molecule has 90 valence electrons. The van der Waals surface area contributed by atoms with Crippen LogP contribution in [0.4, 0.5) is 0 Å². The van der Waals surface area contributed by atoms with Crippen molar-refractivity contribution in [2.24, 2.45) is 0 Å². The van der Waals surface area contributed by atoms with Gasteiger partial charge < -0.3 is 0 Å². The SMILES string of the molecule is O=S(=O)(Cl)c1nc(-c2cc(Br)ccc2I)n[nH]1. The van der Waals surface area contributed by atoms with E-state index in [2.05, 4.69) is 53.7 Å². The molecule has 2 aromatic rings. The molecule has 0 saturated heterocycles. The van der Waals surface area contributed by atoms with Gasteiger partial charge in [0.05, 0.1) is 0 Å².